The Morgan fingerprint density at radius 2 is 2.17 bits per heavy atom. The highest BCUT2D eigenvalue weighted by molar-refractivity contribution is 8.00. The molecule has 5 nitrogen and oxygen atoms in total. The molecule has 3 N–H and O–H groups in total. The number of nitrogens with one attached hydrogen (secondary N) is 1. The zero-order chi connectivity index (χ0) is 13.1. The van der Waals surface area contributed by atoms with E-state index < -0.39 is 17.8 Å². The average molecular weight is 269 g/mol. The number of benzene rings is 1. The van der Waals surface area contributed by atoms with Crippen LogP contribution in [0.5, 0.6) is 0 Å². The zero-order valence-corrected chi connectivity index (χ0v) is 10.7. The smallest absolute Gasteiger partial charge is 0.338 e. The van der Waals surface area contributed by atoms with E-state index in [9.17, 15) is 15.0 Å². The van der Waals surface area contributed by atoms with Gasteiger partial charge >= 0.3 is 5.97 Å². The van der Waals surface area contributed by atoms with Gasteiger partial charge in [0.15, 0.2) is 5.56 Å². The molecule has 0 aromatic heterocycles. The Labute approximate surface area is 109 Å². The lowest BCUT2D eigenvalue weighted by molar-refractivity contribution is 0.0598. The number of thioether (sulfide) groups is 1. The molecule has 6 heteroatoms. The number of ether oxygens (including phenoxy) is 1. The van der Waals surface area contributed by atoms with Crippen LogP contribution in [-0.4, -0.2) is 40.3 Å². The highest BCUT2D eigenvalue weighted by Gasteiger charge is 2.32. The summed E-state index contributed by atoms with van der Waals surface area (Å²) in [4.78, 5) is 11.6. The molecule has 0 spiro atoms. The van der Waals surface area contributed by atoms with Gasteiger partial charge in [-0.3, -0.25) is 5.32 Å². The van der Waals surface area contributed by atoms with E-state index in [0.29, 0.717) is 12.0 Å². The molecule has 1 saturated heterocycles. The monoisotopic (exact) mass is 269 g/mol. The molecule has 3 atom stereocenters. The predicted octanol–water partition coefficient (Wildman–Crippen LogP) is 0.315. The van der Waals surface area contributed by atoms with Crippen molar-refractivity contribution >= 4 is 17.7 Å². The molecule has 98 valence electrons. The highest BCUT2D eigenvalue weighted by atomic mass is 32.2. The molecule has 0 amide bonds. The Bertz CT molecular complexity index is 440. The van der Waals surface area contributed by atoms with Crippen molar-refractivity contribution in [3.05, 3.63) is 35.4 Å². The summed E-state index contributed by atoms with van der Waals surface area (Å²) in [7, 11) is 1.34. The van der Waals surface area contributed by atoms with Crippen molar-refractivity contribution in [1.29, 1.82) is 0 Å². The second-order valence-electron chi connectivity index (χ2n) is 3.99. The van der Waals surface area contributed by atoms with E-state index in [1.165, 1.54) is 18.9 Å². The maximum atomic E-state index is 11.6. The number of carbonyl (C=O) groups is 1. The number of aliphatic hydroxyl groups is 2. The van der Waals surface area contributed by atoms with E-state index >= 15 is 0 Å². The van der Waals surface area contributed by atoms with Crippen LogP contribution in [0.4, 0.5) is 0 Å². The van der Waals surface area contributed by atoms with Crippen LogP contribution in [0.3, 0.4) is 0 Å². The maximum Gasteiger partial charge on any atom is 0.338 e. The molecule has 0 radical (unpaired) electrons. The third kappa shape index (κ3) is 2.84. The molecule has 1 aromatic rings. The molecular formula is C12H15NO4S. The number of carbonyl (C=O) groups excluding carboxylic acids is 1. The van der Waals surface area contributed by atoms with Gasteiger partial charge in [0, 0.05) is 0 Å². The Kier molecular flexibility index (Phi) is 4.23. The normalized spacial score (nSPS) is 27.2. The maximum absolute atomic E-state index is 11.6. The highest BCUT2D eigenvalue weighted by Crippen LogP contribution is 2.28. The summed E-state index contributed by atoms with van der Waals surface area (Å²) in [5.74, 6) is -0.392. The SMILES string of the molecule is COC(=O)c1ccccc1CC1SC(O)NC1O. The summed E-state index contributed by atoms with van der Waals surface area (Å²) >= 11 is 1.24. The molecular weight excluding hydrogens is 254 g/mol. The Hall–Kier alpha value is -1.08. The predicted molar refractivity (Wildman–Crippen MR) is 68.0 cm³/mol. The van der Waals surface area contributed by atoms with Gasteiger partial charge in [-0.2, -0.15) is 0 Å². The van der Waals surface area contributed by atoms with Crippen molar-refractivity contribution in [1.82, 2.24) is 5.32 Å². The van der Waals surface area contributed by atoms with Gasteiger partial charge < -0.3 is 14.9 Å². The van der Waals surface area contributed by atoms with Crippen LogP contribution < -0.4 is 5.32 Å². The van der Waals surface area contributed by atoms with Crippen LogP contribution in [0.15, 0.2) is 24.3 Å². The third-order valence-electron chi connectivity index (χ3n) is 2.81. The van der Waals surface area contributed by atoms with Crippen LogP contribution in [0, 0.1) is 0 Å². The van der Waals surface area contributed by atoms with Crippen molar-refractivity contribution in [2.24, 2.45) is 0 Å². The molecule has 1 heterocycles. The fourth-order valence-electron chi connectivity index (χ4n) is 1.92. The van der Waals surface area contributed by atoms with Gasteiger partial charge in [-0.15, -0.1) is 11.8 Å². The van der Waals surface area contributed by atoms with E-state index in [2.05, 4.69) is 5.32 Å². The summed E-state index contributed by atoms with van der Waals surface area (Å²) in [5.41, 5.74) is 0.529. The molecule has 0 saturated carbocycles. The van der Waals surface area contributed by atoms with Crippen LogP contribution in [0.1, 0.15) is 15.9 Å². The number of methoxy groups -OCH3 is 1. The first kappa shape index (κ1) is 13.4. The number of hydrogen-bond acceptors (Lipinski definition) is 6. The molecule has 2 rings (SSSR count). The van der Waals surface area contributed by atoms with E-state index in [0.717, 1.165) is 5.56 Å². The van der Waals surface area contributed by atoms with E-state index in [-0.39, 0.29) is 5.25 Å². The molecule has 0 bridgehead atoms. The second-order valence-corrected chi connectivity index (χ2v) is 5.32. The van der Waals surface area contributed by atoms with Gasteiger partial charge in [0.2, 0.25) is 0 Å². The second kappa shape index (κ2) is 5.71. The first-order chi connectivity index (χ1) is 8.61. The van der Waals surface area contributed by atoms with Crippen molar-refractivity contribution in [2.45, 2.75) is 23.5 Å². The average Bonchev–Trinajstić information content (AvgIpc) is 2.67. The Balaban J connectivity index is 2.16. The van der Waals surface area contributed by atoms with Gasteiger partial charge in [-0.25, -0.2) is 4.79 Å². The van der Waals surface area contributed by atoms with Crippen molar-refractivity contribution in [2.75, 3.05) is 7.11 Å². The largest absolute Gasteiger partial charge is 0.465 e. The Morgan fingerprint density at radius 1 is 1.44 bits per heavy atom. The van der Waals surface area contributed by atoms with Crippen LogP contribution in [0.25, 0.3) is 0 Å². The minimum Gasteiger partial charge on any atom is -0.465 e. The summed E-state index contributed by atoms with van der Waals surface area (Å²) in [6.07, 6.45) is -0.294. The van der Waals surface area contributed by atoms with Gasteiger partial charge in [0.1, 0.15) is 6.23 Å². The lowest BCUT2D eigenvalue weighted by Crippen LogP contribution is -2.33. The van der Waals surface area contributed by atoms with Crippen molar-refractivity contribution < 1.29 is 19.7 Å². The standard InChI is InChI=1S/C12H15NO4S/c1-17-11(15)8-5-3-2-4-7(8)6-9-10(14)13-12(16)18-9/h2-5,9-10,12-14,16H,6H2,1H3. The first-order valence-electron chi connectivity index (χ1n) is 5.55. The topological polar surface area (TPSA) is 78.8 Å². The lowest BCUT2D eigenvalue weighted by atomic mass is 10.0. The summed E-state index contributed by atoms with van der Waals surface area (Å²) < 4.78 is 4.72. The number of aliphatic hydroxyl groups excluding tert-OH is 2. The number of esters is 1. The fraction of sp³-hybridized carbons (Fsp3) is 0.417. The molecule has 0 aliphatic carbocycles. The van der Waals surface area contributed by atoms with E-state index in [4.69, 9.17) is 4.74 Å². The van der Waals surface area contributed by atoms with Crippen LogP contribution in [0.2, 0.25) is 0 Å². The van der Waals surface area contributed by atoms with Gasteiger partial charge in [-0.1, -0.05) is 18.2 Å². The Morgan fingerprint density at radius 3 is 2.78 bits per heavy atom. The fourth-order valence-corrected chi connectivity index (χ4v) is 2.97. The number of rotatable bonds is 3. The van der Waals surface area contributed by atoms with Gasteiger partial charge in [-0.05, 0) is 18.1 Å². The quantitative estimate of drug-likeness (QED) is 0.686. The van der Waals surface area contributed by atoms with Crippen LogP contribution >= 0.6 is 11.8 Å². The molecule has 1 fully saturated rings. The molecule has 18 heavy (non-hydrogen) atoms. The summed E-state index contributed by atoms with van der Waals surface area (Å²) in [5, 5.41) is 21.5. The van der Waals surface area contributed by atoms with E-state index in [1.54, 1.807) is 12.1 Å². The van der Waals surface area contributed by atoms with Gasteiger partial charge in [0.05, 0.1) is 17.9 Å². The van der Waals surface area contributed by atoms with Gasteiger partial charge in [0.25, 0.3) is 0 Å². The van der Waals surface area contributed by atoms with Crippen molar-refractivity contribution in [3.8, 4) is 0 Å². The molecule has 1 aliphatic rings. The van der Waals surface area contributed by atoms with Crippen LogP contribution in [-0.2, 0) is 11.2 Å². The number of hydrogen-bond donors (Lipinski definition) is 3. The summed E-state index contributed by atoms with van der Waals surface area (Å²) in [6, 6.07) is 7.11. The minimum absolute atomic E-state index is 0.189. The first-order valence-corrected chi connectivity index (χ1v) is 6.50. The lowest BCUT2D eigenvalue weighted by Gasteiger charge is -2.14. The molecule has 1 aromatic carbocycles. The molecule has 1 aliphatic heterocycles. The summed E-state index contributed by atoms with van der Waals surface area (Å²) in [6.45, 7) is 0. The van der Waals surface area contributed by atoms with E-state index in [1.807, 2.05) is 12.1 Å². The third-order valence-corrected chi connectivity index (χ3v) is 3.98. The zero-order valence-electron chi connectivity index (χ0n) is 9.87. The minimum atomic E-state index is -0.782. The van der Waals surface area contributed by atoms with Crippen molar-refractivity contribution in [3.63, 3.8) is 0 Å². The molecule has 3 unspecified atom stereocenters.